The van der Waals surface area contributed by atoms with Crippen molar-refractivity contribution >= 4 is 24.4 Å². The first-order chi connectivity index (χ1) is 19.4. The number of aliphatic hydroxyl groups is 1. The lowest BCUT2D eigenvalue weighted by Crippen LogP contribution is -2.17. The van der Waals surface area contributed by atoms with E-state index in [-0.39, 0.29) is 6.29 Å². The molecule has 0 saturated heterocycles. The van der Waals surface area contributed by atoms with Gasteiger partial charge in [0.1, 0.15) is 17.6 Å². The molecule has 0 amide bonds. The zero-order chi connectivity index (χ0) is 28.7. The molecule has 0 bridgehead atoms. The summed E-state index contributed by atoms with van der Waals surface area (Å²) in [5.41, 5.74) is 3.75. The predicted molar refractivity (Wildman–Crippen MR) is 160 cm³/mol. The van der Waals surface area contributed by atoms with Crippen molar-refractivity contribution < 1.29 is 28.8 Å². The number of ether oxygens (including phenoxy) is 4. The Bertz CT molecular complexity index is 1260. The number of carbonyl (C=O) groups excluding carboxylic acids is 1. The Morgan fingerprint density at radius 3 is 1.82 bits per heavy atom. The molecule has 0 spiro atoms. The average molecular weight is 543 g/mol. The highest BCUT2D eigenvalue weighted by Crippen LogP contribution is 2.27. The fourth-order valence-electron chi connectivity index (χ4n) is 3.92. The fourth-order valence-corrected chi connectivity index (χ4v) is 3.92. The standard InChI is InChI=1S/C34H38O6/c1-5-37-26(4)38-31-18-12-27(13-19-31)8-6-7-9-28-14-20-32(21-15-28)39-34(36)40-33(24-25(2)3)30-16-10-29(11-17-30)22-23-35/h6-23,25-26,33,35H,5,24H2,1-4H3. The molecule has 0 radical (unpaired) electrons. The van der Waals surface area contributed by atoms with E-state index in [1.54, 1.807) is 18.2 Å². The minimum atomic E-state index is -0.750. The van der Waals surface area contributed by atoms with Crippen LogP contribution in [0.25, 0.3) is 18.2 Å². The maximum atomic E-state index is 12.6. The summed E-state index contributed by atoms with van der Waals surface area (Å²) in [5, 5.41) is 8.95. The first-order valence-electron chi connectivity index (χ1n) is 13.5. The van der Waals surface area contributed by atoms with Crippen LogP contribution in [0.1, 0.15) is 62.5 Å². The molecule has 0 aromatic heterocycles. The maximum absolute atomic E-state index is 12.6. The van der Waals surface area contributed by atoms with Crippen molar-refractivity contribution in [2.45, 2.75) is 46.5 Å². The van der Waals surface area contributed by atoms with Gasteiger partial charge in [-0.2, -0.15) is 0 Å². The first-order valence-corrected chi connectivity index (χ1v) is 13.5. The van der Waals surface area contributed by atoms with Gasteiger partial charge in [-0.1, -0.05) is 86.7 Å². The smallest absolute Gasteiger partial charge is 0.514 e. The van der Waals surface area contributed by atoms with Gasteiger partial charge in [-0.25, -0.2) is 4.79 Å². The van der Waals surface area contributed by atoms with Crippen LogP contribution in [0.5, 0.6) is 11.5 Å². The van der Waals surface area contributed by atoms with E-state index < -0.39 is 12.3 Å². The summed E-state index contributed by atoms with van der Waals surface area (Å²) in [7, 11) is 0. The van der Waals surface area contributed by atoms with Crippen LogP contribution in [-0.4, -0.2) is 24.2 Å². The van der Waals surface area contributed by atoms with Crippen molar-refractivity contribution in [3.8, 4) is 11.5 Å². The maximum Gasteiger partial charge on any atom is 0.514 e. The Hall–Kier alpha value is -4.29. The summed E-state index contributed by atoms with van der Waals surface area (Å²) in [4.78, 5) is 12.6. The molecular weight excluding hydrogens is 504 g/mol. The largest absolute Gasteiger partial charge is 0.516 e. The van der Waals surface area contributed by atoms with Crippen molar-refractivity contribution in [3.63, 3.8) is 0 Å². The molecule has 0 aliphatic heterocycles. The second kappa shape index (κ2) is 16.0. The van der Waals surface area contributed by atoms with Crippen molar-refractivity contribution in [1.29, 1.82) is 0 Å². The van der Waals surface area contributed by atoms with Crippen molar-refractivity contribution in [3.05, 3.63) is 113 Å². The summed E-state index contributed by atoms with van der Waals surface area (Å²) in [6.45, 7) is 8.56. The molecule has 2 atom stereocenters. The molecule has 2 unspecified atom stereocenters. The quantitative estimate of drug-likeness (QED) is 0.0764. The Balaban J connectivity index is 1.52. The van der Waals surface area contributed by atoms with Gasteiger partial charge >= 0.3 is 6.16 Å². The van der Waals surface area contributed by atoms with Gasteiger partial charge in [-0.3, -0.25) is 0 Å². The molecule has 3 rings (SSSR count). The van der Waals surface area contributed by atoms with Gasteiger partial charge in [-0.15, -0.1) is 0 Å². The molecule has 3 aromatic rings. The van der Waals surface area contributed by atoms with Gasteiger partial charge in [0.15, 0.2) is 6.29 Å². The van der Waals surface area contributed by atoms with E-state index in [1.165, 1.54) is 0 Å². The van der Waals surface area contributed by atoms with Crippen LogP contribution in [-0.2, 0) is 9.47 Å². The van der Waals surface area contributed by atoms with Gasteiger partial charge in [0.25, 0.3) is 0 Å². The van der Waals surface area contributed by atoms with Crippen molar-refractivity contribution in [1.82, 2.24) is 0 Å². The van der Waals surface area contributed by atoms with Crippen LogP contribution < -0.4 is 9.47 Å². The molecule has 0 saturated carbocycles. The van der Waals surface area contributed by atoms with E-state index >= 15 is 0 Å². The number of hydrogen-bond donors (Lipinski definition) is 1. The second-order valence-electron chi connectivity index (χ2n) is 9.57. The summed E-state index contributed by atoms with van der Waals surface area (Å²) in [6.07, 6.45) is 9.66. The van der Waals surface area contributed by atoms with Crippen molar-refractivity contribution in [2.75, 3.05) is 6.61 Å². The van der Waals surface area contributed by atoms with Crippen LogP contribution in [0, 0.1) is 5.92 Å². The number of aliphatic hydroxyl groups excluding tert-OH is 1. The van der Waals surface area contributed by atoms with Crippen LogP contribution in [0.3, 0.4) is 0 Å². The summed E-state index contributed by atoms with van der Waals surface area (Å²) < 4.78 is 22.2. The molecule has 0 fully saturated rings. The molecule has 0 aliphatic rings. The minimum Gasteiger partial charge on any atom is -0.516 e. The van der Waals surface area contributed by atoms with E-state index in [1.807, 2.05) is 98.8 Å². The summed E-state index contributed by atoms with van der Waals surface area (Å²) in [6, 6.07) is 22.5. The van der Waals surface area contributed by atoms with Gasteiger partial charge in [0.2, 0.25) is 0 Å². The van der Waals surface area contributed by atoms with Gasteiger partial charge < -0.3 is 24.1 Å². The number of carbonyl (C=O) groups is 1. The van der Waals surface area contributed by atoms with Gasteiger partial charge in [0, 0.05) is 6.61 Å². The molecule has 0 aliphatic carbocycles. The predicted octanol–water partition coefficient (Wildman–Crippen LogP) is 9.01. The number of hydrogen-bond acceptors (Lipinski definition) is 6. The molecule has 3 aromatic carbocycles. The highest BCUT2D eigenvalue weighted by Gasteiger charge is 2.20. The number of allylic oxidation sites excluding steroid dienone is 2. The number of rotatable bonds is 13. The third kappa shape index (κ3) is 10.5. The normalized spacial score (nSPS) is 13.2. The van der Waals surface area contributed by atoms with E-state index in [0.29, 0.717) is 24.7 Å². The lowest BCUT2D eigenvalue weighted by Gasteiger charge is -2.20. The second-order valence-corrected chi connectivity index (χ2v) is 9.57. The molecule has 0 heterocycles. The fraction of sp³-hybridized carbons (Fsp3) is 0.265. The van der Waals surface area contributed by atoms with E-state index in [0.717, 1.165) is 34.3 Å². The van der Waals surface area contributed by atoms with Crippen LogP contribution in [0.15, 0.2) is 91.2 Å². The van der Waals surface area contributed by atoms with Gasteiger partial charge in [-0.05, 0) is 78.8 Å². The first kappa shape index (κ1) is 30.3. The Morgan fingerprint density at radius 1 is 0.775 bits per heavy atom. The molecule has 6 heteroatoms. The third-order valence-electron chi connectivity index (χ3n) is 5.85. The molecule has 40 heavy (non-hydrogen) atoms. The highest BCUT2D eigenvalue weighted by atomic mass is 16.7. The third-order valence-corrected chi connectivity index (χ3v) is 5.85. The average Bonchev–Trinajstić information content (AvgIpc) is 2.93. The highest BCUT2D eigenvalue weighted by molar-refractivity contribution is 5.65. The van der Waals surface area contributed by atoms with E-state index in [2.05, 4.69) is 13.8 Å². The molecule has 1 N–H and O–H groups in total. The van der Waals surface area contributed by atoms with E-state index in [9.17, 15) is 4.79 Å². The molecule has 6 nitrogen and oxygen atoms in total. The zero-order valence-electron chi connectivity index (χ0n) is 23.5. The molecule has 210 valence electrons. The topological polar surface area (TPSA) is 74.2 Å². The zero-order valence-corrected chi connectivity index (χ0v) is 23.5. The molecular formula is C34H38O6. The van der Waals surface area contributed by atoms with E-state index in [4.69, 9.17) is 24.1 Å². The summed E-state index contributed by atoms with van der Waals surface area (Å²) >= 11 is 0. The SMILES string of the molecule is CCOC(C)Oc1ccc(C=CC=Cc2ccc(OC(=O)OC(CC(C)C)c3ccc(C=CO)cc3)cc2)cc1. The van der Waals surface area contributed by atoms with Crippen LogP contribution in [0.2, 0.25) is 0 Å². The van der Waals surface area contributed by atoms with Crippen molar-refractivity contribution in [2.24, 2.45) is 5.92 Å². The summed E-state index contributed by atoms with van der Waals surface area (Å²) in [5.74, 6) is 1.49. The minimum absolute atomic E-state index is 0.280. The lowest BCUT2D eigenvalue weighted by molar-refractivity contribution is -0.0613. The van der Waals surface area contributed by atoms with Crippen LogP contribution >= 0.6 is 0 Å². The lowest BCUT2D eigenvalue weighted by atomic mass is 9.98. The monoisotopic (exact) mass is 542 g/mol. The Kier molecular flexibility index (Phi) is 12.1. The Labute approximate surface area is 237 Å². The Morgan fingerprint density at radius 2 is 1.30 bits per heavy atom. The van der Waals surface area contributed by atoms with Crippen LogP contribution in [0.4, 0.5) is 4.79 Å². The number of benzene rings is 3. The van der Waals surface area contributed by atoms with Gasteiger partial charge in [0.05, 0.1) is 6.26 Å².